The molecule has 0 bridgehead atoms. The van der Waals surface area contributed by atoms with Crippen molar-refractivity contribution in [1.29, 1.82) is 0 Å². The van der Waals surface area contributed by atoms with E-state index in [1.807, 2.05) is 0 Å². The molecule has 0 aliphatic carbocycles. The summed E-state index contributed by atoms with van der Waals surface area (Å²) in [6.45, 7) is 2.23. The molecule has 0 aliphatic heterocycles. The molecular formula is C6H10NO4-. The molecule has 0 saturated carbocycles. The molecule has 1 atom stereocenters. The number of hydrogen-bond donors (Lipinski definition) is 1. The minimum absolute atomic E-state index is 0.504. The maximum atomic E-state index is 10.2. The van der Waals surface area contributed by atoms with Crippen LogP contribution in [0, 0.1) is 0 Å². The lowest BCUT2D eigenvalue weighted by Gasteiger charge is -2.15. The van der Waals surface area contributed by atoms with Gasteiger partial charge in [-0.15, -0.1) is 0 Å². The van der Waals surface area contributed by atoms with E-state index in [-0.39, 0.29) is 0 Å². The Kier molecular flexibility index (Phi) is 4.21. The fourth-order valence-electron chi connectivity index (χ4n) is 0.727. The van der Waals surface area contributed by atoms with E-state index in [9.17, 15) is 19.8 Å². The molecule has 0 spiro atoms. The van der Waals surface area contributed by atoms with Crippen LogP contribution in [-0.2, 0) is 9.59 Å². The number of carboxylic acids is 2. The van der Waals surface area contributed by atoms with Crippen molar-refractivity contribution in [3.05, 3.63) is 0 Å². The van der Waals surface area contributed by atoms with Crippen LogP contribution in [0.25, 0.3) is 0 Å². The number of quaternary nitrogens is 1. The van der Waals surface area contributed by atoms with E-state index in [0.29, 0.717) is 6.54 Å². The van der Waals surface area contributed by atoms with E-state index in [4.69, 9.17) is 0 Å². The Balaban J connectivity index is 3.89. The van der Waals surface area contributed by atoms with Crippen molar-refractivity contribution in [3.8, 4) is 0 Å². The van der Waals surface area contributed by atoms with Gasteiger partial charge in [0, 0.05) is 12.4 Å². The van der Waals surface area contributed by atoms with Crippen molar-refractivity contribution in [1.82, 2.24) is 0 Å². The van der Waals surface area contributed by atoms with Crippen LogP contribution >= 0.6 is 0 Å². The molecule has 0 radical (unpaired) electrons. The smallest absolute Gasteiger partial charge is 0.131 e. The summed E-state index contributed by atoms with van der Waals surface area (Å²) in [4.78, 5) is 20.2. The van der Waals surface area contributed by atoms with Gasteiger partial charge in [-0.05, 0) is 6.92 Å². The van der Waals surface area contributed by atoms with Gasteiger partial charge in [0.15, 0.2) is 0 Å². The average Bonchev–Trinajstić information content (AvgIpc) is 1.86. The van der Waals surface area contributed by atoms with Crippen LogP contribution in [0.4, 0.5) is 0 Å². The maximum Gasteiger partial charge on any atom is 0.131 e. The Morgan fingerprint density at radius 1 is 1.45 bits per heavy atom. The second-order valence-electron chi connectivity index (χ2n) is 2.15. The van der Waals surface area contributed by atoms with E-state index in [2.05, 4.69) is 0 Å². The molecule has 0 aromatic rings. The number of carbonyl (C=O) groups is 2. The first-order valence-corrected chi connectivity index (χ1v) is 3.32. The molecule has 0 heterocycles. The van der Waals surface area contributed by atoms with E-state index < -0.39 is 24.4 Å². The van der Waals surface area contributed by atoms with Gasteiger partial charge in [0.1, 0.15) is 6.04 Å². The predicted octanol–water partition coefficient (Wildman–Crippen LogP) is -4.17. The Hall–Kier alpha value is -1.10. The minimum Gasteiger partial charge on any atom is -0.550 e. The Labute approximate surface area is 64.0 Å². The van der Waals surface area contributed by atoms with Crippen molar-refractivity contribution in [3.63, 3.8) is 0 Å². The van der Waals surface area contributed by atoms with Gasteiger partial charge < -0.3 is 25.1 Å². The van der Waals surface area contributed by atoms with Gasteiger partial charge in [0.2, 0.25) is 0 Å². The Morgan fingerprint density at radius 3 is 2.27 bits per heavy atom. The van der Waals surface area contributed by atoms with Gasteiger partial charge in [-0.1, -0.05) is 0 Å². The molecule has 0 rings (SSSR count). The summed E-state index contributed by atoms with van der Waals surface area (Å²) in [7, 11) is 0. The van der Waals surface area contributed by atoms with Crippen LogP contribution in [0.1, 0.15) is 13.3 Å². The third kappa shape index (κ3) is 4.32. The van der Waals surface area contributed by atoms with Crippen molar-refractivity contribution in [2.45, 2.75) is 19.4 Å². The van der Waals surface area contributed by atoms with Crippen molar-refractivity contribution >= 4 is 11.9 Å². The summed E-state index contributed by atoms with van der Waals surface area (Å²) in [5, 5.41) is 21.5. The first-order chi connectivity index (χ1) is 5.07. The lowest BCUT2D eigenvalue weighted by atomic mass is 10.2. The van der Waals surface area contributed by atoms with E-state index in [1.165, 1.54) is 5.32 Å². The number of likely N-dealkylation sites (N-methyl/N-ethyl adjacent to an activating group) is 1. The molecule has 11 heavy (non-hydrogen) atoms. The van der Waals surface area contributed by atoms with Gasteiger partial charge in [0.25, 0.3) is 0 Å². The number of nitrogens with two attached hydrogens (primary N) is 1. The van der Waals surface area contributed by atoms with Gasteiger partial charge in [0.05, 0.1) is 12.5 Å². The predicted molar refractivity (Wildman–Crippen MR) is 30.9 cm³/mol. The summed E-state index contributed by atoms with van der Waals surface area (Å²) in [6, 6.07) is -1.02. The highest BCUT2D eigenvalue weighted by atomic mass is 16.4. The number of rotatable bonds is 5. The van der Waals surface area contributed by atoms with Crippen LogP contribution in [0.15, 0.2) is 0 Å². The lowest BCUT2D eigenvalue weighted by Crippen LogP contribution is -2.93. The third-order valence-electron chi connectivity index (χ3n) is 1.21. The van der Waals surface area contributed by atoms with Crippen LogP contribution < -0.4 is 15.5 Å². The number of hydrogen-bond acceptors (Lipinski definition) is 4. The zero-order chi connectivity index (χ0) is 8.85. The maximum absolute atomic E-state index is 10.2. The van der Waals surface area contributed by atoms with Crippen LogP contribution in [0.5, 0.6) is 0 Å². The summed E-state index contributed by atoms with van der Waals surface area (Å²) in [5.41, 5.74) is 0. The Morgan fingerprint density at radius 2 is 2.00 bits per heavy atom. The highest BCUT2D eigenvalue weighted by molar-refractivity contribution is 5.76. The SMILES string of the molecule is CC[NH2+]C(CC(=O)[O-])C(=O)[O-]. The van der Waals surface area contributed by atoms with Crippen LogP contribution in [0.3, 0.4) is 0 Å². The highest BCUT2D eigenvalue weighted by Gasteiger charge is 2.11. The van der Waals surface area contributed by atoms with Gasteiger partial charge in [-0.3, -0.25) is 0 Å². The molecule has 0 aromatic carbocycles. The molecule has 0 saturated heterocycles. The summed E-state index contributed by atoms with van der Waals surface area (Å²) >= 11 is 0. The zero-order valence-corrected chi connectivity index (χ0v) is 6.20. The third-order valence-corrected chi connectivity index (χ3v) is 1.21. The molecule has 5 nitrogen and oxygen atoms in total. The molecule has 2 N–H and O–H groups in total. The van der Waals surface area contributed by atoms with Crippen LogP contribution in [0.2, 0.25) is 0 Å². The molecule has 64 valence electrons. The molecule has 5 heteroatoms. The number of carbonyl (C=O) groups excluding carboxylic acids is 2. The number of aliphatic carboxylic acids is 2. The van der Waals surface area contributed by atoms with Gasteiger partial charge in [-0.2, -0.15) is 0 Å². The van der Waals surface area contributed by atoms with Crippen LogP contribution in [-0.4, -0.2) is 24.5 Å². The fourth-order valence-corrected chi connectivity index (χ4v) is 0.727. The van der Waals surface area contributed by atoms with Crippen molar-refractivity contribution in [2.75, 3.05) is 6.54 Å². The molecule has 0 amide bonds. The standard InChI is InChI=1S/C6H11NO4/c1-2-7-4(6(10)11)3-5(8)9/h4,7H,2-3H2,1H3,(H,8,9)(H,10,11)/p-1. The topological polar surface area (TPSA) is 96.9 Å². The summed E-state index contributed by atoms with van der Waals surface area (Å²) < 4.78 is 0. The normalized spacial score (nSPS) is 12.5. The summed E-state index contributed by atoms with van der Waals surface area (Å²) in [6.07, 6.45) is -0.504. The second-order valence-corrected chi connectivity index (χ2v) is 2.15. The zero-order valence-electron chi connectivity index (χ0n) is 6.20. The molecule has 0 fully saturated rings. The molecular weight excluding hydrogens is 150 g/mol. The van der Waals surface area contributed by atoms with E-state index in [1.54, 1.807) is 6.92 Å². The number of carboxylic acid groups (broad SMARTS) is 2. The largest absolute Gasteiger partial charge is 0.550 e. The second kappa shape index (κ2) is 4.68. The van der Waals surface area contributed by atoms with Gasteiger partial charge >= 0.3 is 0 Å². The molecule has 0 aromatic heterocycles. The quantitative estimate of drug-likeness (QED) is 0.441. The highest BCUT2D eigenvalue weighted by Crippen LogP contribution is 1.80. The lowest BCUT2D eigenvalue weighted by molar-refractivity contribution is -0.680. The molecule has 1 unspecified atom stereocenters. The minimum atomic E-state index is -1.37. The van der Waals surface area contributed by atoms with Crippen molar-refractivity contribution in [2.24, 2.45) is 0 Å². The van der Waals surface area contributed by atoms with Gasteiger partial charge in [-0.25, -0.2) is 0 Å². The average molecular weight is 160 g/mol. The first-order valence-electron chi connectivity index (χ1n) is 3.32. The van der Waals surface area contributed by atoms with E-state index >= 15 is 0 Å². The fraction of sp³-hybridized carbons (Fsp3) is 0.667. The Bertz CT molecular complexity index is 157. The summed E-state index contributed by atoms with van der Waals surface area (Å²) in [5.74, 6) is -2.74. The van der Waals surface area contributed by atoms with Crippen molar-refractivity contribution < 1.29 is 25.1 Å². The van der Waals surface area contributed by atoms with E-state index in [0.717, 1.165) is 0 Å². The first kappa shape index (κ1) is 9.90. The molecule has 0 aliphatic rings. The monoisotopic (exact) mass is 160 g/mol.